The van der Waals surface area contributed by atoms with Crippen LogP contribution in [0.5, 0.6) is 5.75 Å². The minimum atomic E-state index is -0.801. The summed E-state index contributed by atoms with van der Waals surface area (Å²) in [6, 6.07) is 7.81. The van der Waals surface area contributed by atoms with Crippen molar-refractivity contribution in [2.45, 2.75) is 39.5 Å². The van der Waals surface area contributed by atoms with E-state index >= 15 is 0 Å². The van der Waals surface area contributed by atoms with Gasteiger partial charge in [-0.05, 0) is 58.9 Å². The van der Waals surface area contributed by atoms with E-state index in [1.165, 1.54) is 0 Å². The molecular formula is C17H20O3. The molecule has 2 aromatic carbocycles. The maximum atomic E-state index is 10.8. The topological polar surface area (TPSA) is 57.5 Å². The first kappa shape index (κ1) is 14.4. The molecule has 0 unspecified atom stereocenters. The fourth-order valence-electron chi connectivity index (χ4n) is 2.58. The molecule has 0 aliphatic heterocycles. The van der Waals surface area contributed by atoms with Crippen LogP contribution >= 0.6 is 0 Å². The summed E-state index contributed by atoms with van der Waals surface area (Å²) in [5.74, 6) is -0.262. The third kappa shape index (κ3) is 2.77. The number of benzene rings is 2. The van der Waals surface area contributed by atoms with Gasteiger partial charge in [0.15, 0.2) is 0 Å². The fraction of sp³-hybridized carbons (Fsp3) is 0.353. The number of carboxylic acids is 1. The maximum Gasteiger partial charge on any atom is 0.303 e. The largest absolute Gasteiger partial charge is 0.508 e. The van der Waals surface area contributed by atoms with Gasteiger partial charge in [0.05, 0.1) is 0 Å². The Balaban J connectivity index is 2.59. The lowest BCUT2D eigenvalue weighted by molar-refractivity contribution is -0.136. The second-order valence-corrected chi connectivity index (χ2v) is 5.54. The van der Waals surface area contributed by atoms with Gasteiger partial charge in [0.25, 0.3) is 0 Å². The normalized spacial score (nSPS) is 11.2. The number of hydrogen-bond donors (Lipinski definition) is 2. The standard InChI is InChI=1S/C17H20O3/c1-10(2)14-8-12-5-4-11(3)13(6-7-17(19)20)15(12)9-16(14)18/h4-5,8-10,18H,6-7H2,1-3H3,(H,19,20). The first-order valence-corrected chi connectivity index (χ1v) is 6.87. The highest BCUT2D eigenvalue weighted by Gasteiger charge is 2.12. The third-order valence-corrected chi connectivity index (χ3v) is 3.72. The molecule has 0 amide bonds. The number of carbonyl (C=O) groups is 1. The number of fused-ring (bicyclic) bond motifs is 1. The van der Waals surface area contributed by atoms with Crippen LogP contribution in [-0.2, 0) is 11.2 Å². The highest BCUT2D eigenvalue weighted by atomic mass is 16.4. The third-order valence-electron chi connectivity index (χ3n) is 3.72. The molecule has 3 heteroatoms. The molecule has 106 valence electrons. The molecule has 2 N–H and O–H groups in total. The zero-order chi connectivity index (χ0) is 14.9. The second kappa shape index (κ2) is 5.53. The van der Waals surface area contributed by atoms with Crippen LogP contribution in [0.3, 0.4) is 0 Å². The Morgan fingerprint density at radius 3 is 2.55 bits per heavy atom. The number of aromatic hydroxyl groups is 1. The van der Waals surface area contributed by atoms with E-state index in [-0.39, 0.29) is 18.1 Å². The van der Waals surface area contributed by atoms with Crippen LogP contribution in [0.15, 0.2) is 24.3 Å². The van der Waals surface area contributed by atoms with E-state index in [0.29, 0.717) is 6.42 Å². The lowest BCUT2D eigenvalue weighted by Crippen LogP contribution is -2.00. The van der Waals surface area contributed by atoms with Crippen molar-refractivity contribution in [1.82, 2.24) is 0 Å². The summed E-state index contributed by atoms with van der Waals surface area (Å²) >= 11 is 0. The molecule has 0 saturated carbocycles. The number of hydrogen-bond acceptors (Lipinski definition) is 2. The minimum absolute atomic E-state index is 0.104. The first-order valence-electron chi connectivity index (χ1n) is 6.87. The molecule has 20 heavy (non-hydrogen) atoms. The Labute approximate surface area is 118 Å². The van der Waals surface area contributed by atoms with Crippen LogP contribution < -0.4 is 0 Å². The van der Waals surface area contributed by atoms with E-state index in [0.717, 1.165) is 27.5 Å². The smallest absolute Gasteiger partial charge is 0.303 e. The fourth-order valence-corrected chi connectivity index (χ4v) is 2.58. The van der Waals surface area contributed by atoms with Gasteiger partial charge < -0.3 is 10.2 Å². The molecule has 2 rings (SSSR count). The van der Waals surface area contributed by atoms with Crippen LogP contribution in [0, 0.1) is 6.92 Å². The molecule has 0 bridgehead atoms. The Morgan fingerprint density at radius 1 is 1.25 bits per heavy atom. The van der Waals surface area contributed by atoms with Crippen molar-refractivity contribution in [3.8, 4) is 5.75 Å². The van der Waals surface area contributed by atoms with Crippen molar-refractivity contribution in [3.05, 3.63) is 41.0 Å². The Hall–Kier alpha value is -2.03. The summed E-state index contributed by atoms with van der Waals surface area (Å²) in [5, 5.41) is 21.0. The minimum Gasteiger partial charge on any atom is -0.508 e. The average molecular weight is 272 g/mol. The van der Waals surface area contributed by atoms with Gasteiger partial charge in [0.2, 0.25) is 0 Å². The Bertz CT molecular complexity index is 657. The summed E-state index contributed by atoms with van der Waals surface area (Å²) in [6.45, 7) is 6.06. The first-order chi connectivity index (χ1) is 9.40. The SMILES string of the molecule is Cc1ccc2cc(C(C)C)c(O)cc2c1CCC(=O)O. The molecule has 0 saturated heterocycles. The van der Waals surface area contributed by atoms with Crippen molar-refractivity contribution >= 4 is 16.7 Å². The van der Waals surface area contributed by atoms with E-state index in [1.807, 2.05) is 39.0 Å². The maximum absolute atomic E-state index is 10.8. The van der Waals surface area contributed by atoms with E-state index in [2.05, 4.69) is 0 Å². The van der Waals surface area contributed by atoms with Crippen molar-refractivity contribution in [2.24, 2.45) is 0 Å². The van der Waals surface area contributed by atoms with Gasteiger partial charge in [0, 0.05) is 6.42 Å². The number of phenols is 1. The van der Waals surface area contributed by atoms with Crippen LogP contribution in [0.4, 0.5) is 0 Å². The quantitative estimate of drug-likeness (QED) is 0.884. The molecule has 0 atom stereocenters. The highest BCUT2D eigenvalue weighted by molar-refractivity contribution is 5.89. The summed E-state index contributed by atoms with van der Waals surface area (Å²) in [4.78, 5) is 10.8. The molecule has 2 aromatic rings. The summed E-state index contributed by atoms with van der Waals surface area (Å²) in [5.41, 5.74) is 3.00. The second-order valence-electron chi connectivity index (χ2n) is 5.54. The number of carboxylic acid groups (broad SMARTS) is 1. The van der Waals surface area contributed by atoms with Crippen LogP contribution in [0.2, 0.25) is 0 Å². The van der Waals surface area contributed by atoms with Gasteiger partial charge >= 0.3 is 5.97 Å². The summed E-state index contributed by atoms with van der Waals surface area (Å²) < 4.78 is 0. The molecule has 0 heterocycles. The lowest BCUT2D eigenvalue weighted by Gasteiger charge is -2.14. The van der Waals surface area contributed by atoms with Gasteiger partial charge in [-0.15, -0.1) is 0 Å². The monoisotopic (exact) mass is 272 g/mol. The van der Waals surface area contributed by atoms with Crippen LogP contribution in [0.25, 0.3) is 10.8 Å². The number of phenolic OH excluding ortho intramolecular Hbond substituents is 1. The van der Waals surface area contributed by atoms with Crippen molar-refractivity contribution in [3.63, 3.8) is 0 Å². The van der Waals surface area contributed by atoms with Gasteiger partial charge in [-0.1, -0.05) is 26.0 Å². The Morgan fingerprint density at radius 2 is 1.95 bits per heavy atom. The van der Waals surface area contributed by atoms with E-state index in [1.54, 1.807) is 6.07 Å². The van der Waals surface area contributed by atoms with Crippen molar-refractivity contribution in [1.29, 1.82) is 0 Å². The molecule has 3 nitrogen and oxygen atoms in total. The lowest BCUT2D eigenvalue weighted by atomic mass is 9.92. The number of aliphatic carboxylic acids is 1. The predicted molar refractivity (Wildman–Crippen MR) is 80.4 cm³/mol. The molecule has 0 fully saturated rings. The number of aryl methyl sites for hydroxylation is 2. The van der Waals surface area contributed by atoms with Crippen molar-refractivity contribution < 1.29 is 15.0 Å². The summed E-state index contributed by atoms with van der Waals surface area (Å²) in [6.07, 6.45) is 0.589. The zero-order valence-corrected chi connectivity index (χ0v) is 12.1. The van der Waals surface area contributed by atoms with Crippen LogP contribution in [0.1, 0.15) is 42.9 Å². The summed E-state index contributed by atoms with van der Waals surface area (Å²) in [7, 11) is 0. The van der Waals surface area contributed by atoms with Gasteiger partial charge in [-0.2, -0.15) is 0 Å². The average Bonchev–Trinajstić information content (AvgIpc) is 2.36. The molecule has 0 aliphatic rings. The molecule has 0 aliphatic carbocycles. The van der Waals surface area contributed by atoms with E-state index in [4.69, 9.17) is 5.11 Å². The van der Waals surface area contributed by atoms with E-state index < -0.39 is 5.97 Å². The van der Waals surface area contributed by atoms with Gasteiger partial charge in [0.1, 0.15) is 5.75 Å². The van der Waals surface area contributed by atoms with Crippen molar-refractivity contribution in [2.75, 3.05) is 0 Å². The zero-order valence-electron chi connectivity index (χ0n) is 12.1. The molecule has 0 aromatic heterocycles. The molecule has 0 spiro atoms. The molecule has 0 radical (unpaired) electrons. The van der Waals surface area contributed by atoms with Gasteiger partial charge in [-0.3, -0.25) is 4.79 Å². The van der Waals surface area contributed by atoms with Gasteiger partial charge in [-0.25, -0.2) is 0 Å². The highest BCUT2D eigenvalue weighted by Crippen LogP contribution is 2.33. The van der Waals surface area contributed by atoms with E-state index in [9.17, 15) is 9.90 Å². The van der Waals surface area contributed by atoms with Crippen LogP contribution in [-0.4, -0.2) is 16.2 Å². The Kier molecular flexibility index (Phi) is 3.98. The predicted octanol–water partition coefficient (Wildman–Crippen LogP) is 3.99. The molecular weight excluding hydrogens is 252 g/mol. The number of rotatable bonds is 4.